The number of carbonyl (C=O) groups is 4. The maximum Gasteiger partial charge on any atom is 0.354 e. The standard InChI is InChI=1S/C24H22ClN3O5/c25-18-7-3-1-5-15(18)13-26-20(29)14-33-23(32)24-12-11-21(30)28(24)19-8-4-2-6-17(19)22(31)27(24)16-9-10-16/h1-8,16H,9-14H2,(H,26,29). The first-order valence-corrected chi connectivity index (χ1v) is 11.2. The van der Waals surface area contributed by atoms with Crippen molar-refractivity contribution in [2.45, 2.75) is 43.9 Å². The molecule has 1 atom stereocenters. The number of nitrogens with one attached hydrogen (secondary N) is 1. The van der Waals surface area contributed by atoms with Crippen LogP contribution in [0.4, 0.5) is 5.69 Å². The summed E-state index contributed by atoms with van der Waals surface area (Å²) in [5.41, 5.74) is -0.0332. The lowest BCUT2D eigenvalue weighted by atomic mass is 9.96. The normalized spacial score (nSPS) is 21.5. The monoisotopic (exact) mass is 467 g/mol. The molecule has 1 unspecified atom stereocenters. The van der Waals surface area contributed by atoms with Crippen molar-refractivity contribution in [1.29, 1.82) is 0 Å². The zero-order valence-corrected chi connectivity index (χ0v) is 18.5. The van der Waals surface area contributed by atoms with Crippen LogP contribution in [0.3, 0.4) is 0 Å². The van der Waals surface area contributed by atoms with E-state index in [1.54, 1.807) is 42.5 Å². The third kappa shape index (κ3) is 3.54. The van der Waals surface area contributed by atoms with E-state index < -0.39 is 24.1 Å². The molecule has 2 aromatic carbocycles. The largest absolute Gasteiger partial charge is 0.452 e. The van der Waals surface area contributed by atoms with E-state index in [-0.39, 0.29) is 37.2 Å². The minimum atomic E-state index is -1.56. The van der Waals surface area contributed by atoms with Gasteiger partial charge in [-0.3, -0.25) is 19.3 Å². The second-order valence-electron chi connectivity index (χ2n) is 8.41. The first-order valence-electron chi connectivity index (χ1n) is 10.9. The second-order valence-corrected chi connectivity index (χ2v) is 8.82. The number of esters is 1. The Morgan fingerprint density at radius 2 is 1.82 bits per heavy atom. The molecule has 0 radical (unpaired) electrons. The Morgan fingerprint density at radius 3 is 2.58 bits per heavy atom. The summed E-state index contributed by atoms with van der Waals surface area (Å²) in [6, 6.07) is 13.8. The van der Waals surface area contributed by atoms with Gasteiger partial charge in [0.1, 0.15) is 0 Å². The summed E-state index contributed by atoms with van der Waals surface area (Å²) in [7, 11) is 0. The average molecular weight is 468 g/mol. The number of hydrogen-bond donors (Lipinski definition) is 1. The number of nitrogens with zero attached hydrogens (tertiary/aromatic N) is 2. The molecule has 5 rings (SSSR count). The first kappa shape index (κ1) is 21.5. The van der Waals surface area contributed by atoms with Crippen LogP contribution in [0.2, 0.25) is 5.02 Å². The Morgan fingerprint density at radius 1 is 1.09 bits per heavy atom. The van der Waals surface area contributed by atoms with Crippen molar-refractivity contribution in [3.05, 3.63) is 64.7 Å². The number of halogens is 1. The number of carbonyl (C=O) groups excluding carboxylic acids is 4. The van der Waals surface area contributed by atoms with Gasteiger partial charge in [0, 0.05) is 30.5 Å². The molecule has 0 aromatic heterocycles. The fraction of sp³-hybridized carbons (Fsp3) is 0.333. The molecule has 8 nitrogen and oxygen atoms in total. The molecular weight excluding hydrogens is 446 g/mol. The summed E-state index contributed by atoms with van der Waals surface area (Å²) < 4.78 is 5.41. The van der Waals surface area contributed by atoms with Crippen LogP contribution in [0, 0.1) is 0 Å². The molecule has 1 aliphatic carbocycles. The quantitative estimate of drug-likeness (QED) is 0.659. The van der Waals surface area contributed by atoms with Crippen molar-refractivity contribution in [2.24, 2.45) is 0 Å². The number of fused-ring (bicyclic) bond motifs is 3. The lowest BCUT2D eigenvalue weighted by Gasteiger charge is -2.48. The number of anilines is 1. The second kappa shape index (κ2) is 8.19. The maximum absolute atomic E-state index is 13.5. The summed E-state index contributed by atoms with van der Waals surface area (Å²) in [5, 5.41) is 3.19. The highest BCUT2D eigenvalue weighted by molar-refractivity contribution is 6.31. The van der Waals surface area contributed by atoms with E-state index in [2.05, 4.69) is 5.32 Å². The van der Waals surface area contributed by atoms with E-state index in [1.165, 1.54) is 9.80 Å². The van der Waals surface area contributed by atoms with Crippen molar-refractivity contribution < 1.29 is 23.9 Å². The number of hydrogen-bond acceptors (Lipinski definition) is 5. The Bertz CT molecular complexity index is 1160. The average Bonchev–Trinajstić information content (AvgIpc) is 3.59. The molecule has 1 saturated heterocycles. The summed E-state index contributed by atoms with van der Waals surface area (Å²) in [5.74, 6) is -1.81. The van der Waals surface area contributed by atoms with Crippen LogP contribution in [-0.4, -0.2) is 46.9 Å². The van der Waals surface area contributed by atoms with Crippen molar-refractivity contribution in [3.8, 4) is 0 Å². The van der Waals surface area contributed by atoms with Gasteiger partial charge in [0.15, 0.2) is 6.61 Å². The van der Waals surface area contributed by atoms with E-state index in [0.29, 0.717) is 16.3 Å². The number of amides is 3. The fourth-order valence-electron chi connectivity index (χ4n) is 4.65. The Kier molecular flexibility index (Phi) is 5.32. The third-order valence-corrected chi connectivity index (χ3v) is 6.68. The van der Waals surface area contributed by atoms with Crippen molar-refractivity contribution in [3.63, 3.8) is 0 Å². The van der Waals surface area contributed by atoms with E-state index >= 15 is 0 Å². The SMILES string of the molecule is O=C(COC(=O)C12CCC(=O)N1c1ccccc1C(=O)N2C1CC1)NCc1ccccc1Cl. The molecule has 3 aliphatic rings. The summed E-state index contributed by atoms with van der Waals surface area (Å²) in [6.45, 7) is -0.340. The number of rotatable bonds is 6. The highest BCUT2D eigenvalue weighted by Gasteiger charge is 2.64. The van der Waals surface area contributed by atoms with Crippen LogP contribution in [0.25, 0.3) is 0 Å². The summed E-state index contributed by atoms with van der Waals surface area (Å²) in [6.07, 6.45) is 1.74. The molecule has 1 N–H and O–H groups in total. The van der Waals surface area contributed by atoms with Gasteiger partial charge in [0.25, 0.3) is 11.8 Å². The van der Waals surface area contributed by atoms with Gasteiger partial charge in [0.2, 0.25) is 11.6 Å². The maximum atomic E-state index is 13.5. The molecule has 1 saturated carbocycles. The van der Waals surface area contributed by atoms with Crippen LogP contribution in [0.15, 0.2) is 48.5 Å². The van der Waals surface area contributed by atoms with Crippen molar-refractivity contribution in [2.75, 3.05) is 11.5 Å². The van der Waals surface area contributed by atoms with Gasteiger partial charge in [-0.05, 0) is 36.6 Å². The van der Waals surface area contributed by atoms with Crippen molar-refractivity contribution in [1.82, 2.24) is 10.2 Å². The minimum absolute atomic E-state index is 0.110. The molecule has 2 aliphatic heterocycles. The first-order chi connectivity index (χ1) is 15.9. The number of para-hydroxylation sites is 1. The number of benzene rings is 2. The van der Waals surface area contributed by atoms with Crippen LogP contribution < -0.4 is 10.2 Å². The zero-order valence-electron chi connectivity index (χ0n) is 17.8. The van der Waals surface area contributed by atoms with E-state index in [4.69, 9.17) is 16.3 Å². The highest BCUT2D eigenvalue weighted by atomic mass is 35.5. The smallest absolute Gasteiger partial charge is 0.354 e. The van der Waals surface area contributed by atoms with E-state index in [9.17, 15) is 19.2 Å². The predicted octanol–water partition coefficient (Wildman–Crippen LogP) is 2.64. The minimum Gasteiger partial charge on any atom is -0.452 e. The van der Waals surface area contributed by atoms with Crippen molar-refractivity contribution >= 4 is 41.0 Å². The molecule has 2 aromatic rings. The molecule has 2 heterocycles. The Balaban J connectivity index is 1.37. The molecule has 9 heteroatoms. The molecule has 2 fully saturated rings. The van der Waals surface area contributed by atoms with Gasteiger partial charge in [-0.25, -0.2) is 4.79 Å². The molecular formula is C24H22ClN3O5. The van der Waals surface area contributed by atoms with Gasteiger partial charge < -0.3 is 15.0 Å². The molecule has 33 heavy (non-hydrogen) atoms. The molecule has 0 bridgehead atoms. The summed E-state index contributed by atoms with van der Waals surface area (Å²) in [4.78, 5) is 55.0. The van der Waals surface area contributed by atoms with Gasteiger partial charge in [0.05, 0.1) is 11.3 Å². The van der Waals surface area contributed by atoms with Crippen LogP contribution >= 0.6 is 11.6 Å². The van der Waals surface area contributed by atoms with Gasteiger partial charge in [-0.2, -0.15) is 0 Å². The van der Waals surface area contributed by atoms with Gasteiger partial charge in [-0.1, -0.05) is 41.9 Å². The van der Waals surface area contributed by atoms with Crippen LogP contribution in [0.1, 0.15) is 41.6 Å². The topological polar surface area (TPSA) is 96.0 Å². The van der Waals surface area contributed by atoms with E-state index in [0.717, 1.165) is 18.4 Å². The fourth-order valence-corrected chi connectivity index (χ4v) is 4.85. The zero-order chi connectivity index (χ0) is 23.2. The highest BCUT2D eigenvalue weighted by Crippen LogP contribution is 2.49. The Hall–Kier alpha value is -3.39. The Labute approximate surface area is 195 Å². The number of ether oxygens (including phenoxy) is 1. The molecule has 3 amide bonds. The van der Waals surface area contributed by atoms with E-state index in [1.807, 2.05) is 6.07 Å². The summed E-state index contributed by atoms with van der Waals surface area (Å²) >= 11 is 6.11. The molecule has 170 valence electrons. The van der Waals surface area contributed by atoms with Gasteiger partial charge >= 0.3 is 5.97 Å². The third-order valence-electron chi connectivity index (χ3n) is 6.31. The lowest BCUT2D eigenvalue weighted by Crippen LogP contribution is -2.69. The lowest BCUT2D eigenvalue weighted by molar-refractivity contribution is -0.160. The van der Waals surface area contributed by atoms with Crippen LogP contribution in [0.5, 0.6) is 0 Å². The van der Waals surface area contributed by atoms with Crippen LogP contribution in [-0.2, 0) is 25.7 Å². The predicted molar refractivity (Wildman–Crippen MR) is 119 cm³/mol. The molecule has 0 spiro atoms. The van der Waals surface area contributed by atoms with Gasteiger partial charge in [-0.15, -0.1) is 0 Å².